The Balaban J connectivity index is 0.00000196. The summed E-state index contributed by atoms with van der Waals surface area (Å²) in [5.41, 5.74) is 1.24. The summed E-state index contributed by atoms with van der Waals surface area (Å²) in [4.78, 5) is 4.70. The minimum absolute atomic E-state index is 0. The van der Waals surface area contributed by atoms with Crippen LogP contribution in [0.25, 0.3) is 0 Å². The van der Waals surface area contributed by atoms with E-state index in [4.69, 9.17) is 0 Å². The zero-order valence-electron chi connectivity index (χ0n) is 9.36. The Kier molecular flexibility index (Phi) is 7.68. The number of aryl methyl sites for hydroxylation is 1. The van der Waals surface area contributed by atoms with Crippen molar-refractivity contribution in [3.05, 3.63) is 35.6 Å². The maximum Gasteiger partial charge on any atom is 0.0266 e. The van der Waals surface area contributed by atoms with Crippen molar-refractivity contribution in [3.8, 4) is 0 Å². The summed E-state index contributed by atoms with van der Waals surface area (Å²) >= 11 is 1.57. The van der Waals surface area contributed by atoms with E-state index in [-0.39, 0.29) is 24.8 Å². The Bertz CT molecular complexity index is 311. The fourth-order valence-corrected chi connectivity index (χ4v) is 1.63. The number of thioether (sulfide) groups is 1. The third-order valence-electron chi connectivity index (χ3n) is 1.75. The van der Waals surface area contributed by atoms with Crippen LogP contribution in [-0.4, -0.2) is 31.8 Å². The average Bonchev–Trinajstić information content (AvgIpc) is 2.21. The van der Waals surface area contributed by atoms with E-state index >= 15 is 0 Å². The van der Waals surface area contributed by atoms with E-state index < -0.39 is 0 Å². The predicted molar refractivity (Wildman–Crippen MR) is 65.1 cm³/mol. The minimum atomic E-state index is -0.0791. The van der Waals surface area contributed by atoms with E-state index in [0.717, 1.165) is 4.90 Å². The van der Waals surface area contributed by atoms with Crippen molar-refractivity contribution in [1.82, 2.24) is 0 Å². The molecular formula is C11H13LiNOS-. The van der Waals surface area contributed by atoms with Gasteiger partial charge in [0, 0.05) is 36.6 Å². The summed E-state index contributed by atoms with van der Waals surface area (Å²) in [5, 5.41) is 10.8. The van der Waals surface area contributed by atoms with Crippen molar-refractivity contribution < 1.29 is 5.11 Å². The van der Waals surface area contributed by atoms with Gasteiger partial charge in [-0.1, -0.05) is 17.7 Å². The molecule has 0 spiro atoms. The maximum atomic E-state index is 10.8. The van der Waals surface area contributed by atoms with Gasteiger partial charge in [-0.3, -0.25) is 0 Å². The topological polar surface area (TPSA) is 35.4 Å². The zero-order valence-corrected chi connectivity index (χ0v) is 10.2. The van der Waals surface area contributed by atoms with Crippen molar-refractivity contribution in [2.45, 2.75) is 18.2 Å². The maximum absolute atomic E-state index is 10.8. The van der Waals surface area contributed by atoms with Gasteiger partial charge in [0.15, 0.2) is 0 Å². The van der Waals surface area contributed by atoms with Gasteiger partial charge in [-0.05, 0) is 31.4 Å². The molecule has 0 amide bonds. The van der Waals surface area contributed by atoms with Crippen LogP contribution in [-0.2, 0) is 0 Å². The van der Waals surface area contributed by atoms with E-state index in [1.54, 1.807) is 11.8 Å². The number of aliphatic imine (C=N–C) groups is 1. The molecule has 0 aliphatic heterocycles. The van der Waals surface area contributed by atoms with Crippen molar-refractivity contribution in [3.63, 3.8) is 0 Å². The summed E-state index contributed by atoms with van der Waals surface area (Å²) in [6.07, 6.45) is 0.398. The molecule has 0 aromatic heterocycles. The molecule has 1 aromatic carbocycles. The van der Waals surface area contributed by atoms with Crippen LogP contribution < -0.4 is 5.11 Å². The Labute approximate surface area is 107 Å². The summed E-state index contributed by atoms with van der Waals surface area (Å²) < 4.78 is 0. The molecule has 1 rings (SSSR count). The van der Waals surface area contributed by atoms with Crippen LogP contribution in [0.4, 0.5) is 0 Å². The van der Waals surface area contributed by atoms with Gasteiger partial charge in [-0.15, -0.1) is 11.8 Å². The molecule has 0 saturated carbocycles. The normalized spacial score (nSPS) is 10.9. The standard InChI is InChI=1S/C11H14NOS.Li/c1-9-3-5-10(6-4-9)14-8-7-11(13)12-2;/h3-6,8H,7H2,1-2H3,(H,12,13);/p-1. The quantitative estimate of drug-likeness (QED) is 0.330. The summed E-state index contributed by atoms with van der Waals surface area (Å²) in [6.45, 7) is 2.05. The van der Waals surface area contributed by atoms with Gasteiger partial charge in [-0.2, -0.15) is 0 Å². The molecule has 2 nitrogen and oxygen atoms in total. The van der Waals surface area contributed by atoms with Crippen LogP contribution in [0.1, 0.15) is 12.0 Å². The van der Waals surface area contributed by atoms with E-state index in [2.05, 4.69) is 24.0 Å². The van der Waals surface area contributed by atoms with Gasteiger partial charge in [-0.25, -0.2) is 0 Å². The van der Waals surface area contributed by atoms with E-state index in [0.29, 0.717) is 6.42 Å². The largest absolute Gasteiger partial charge is 0.862 e. The minimum Gasteiger partial charge on any atom is -0.862 e. The Morgan fingerprint density at radius 3 is 2.53 bits per heavy atom. The molecule has 0 atom stereocenters. The summed E-state index contributed by atoms with van der Waals surface area (Å²) in [5.74, 6) is 1.80. The number of nitrogens with zero attached hydrogens (tertiary/aromatic N) is 1. The number of hydrogen-bond donors (Lipinski definition) is 0. The Hall–Kier alpha value is -0.363. The molecule has 0 N–H and O–H groups in total. The molecule has 4 heteroatoms. The van der Waals surface area contributed by atoms with Crippen LogP contribution in [0, 0.1) is 12.7 Å². The second-order valence-corrected chi connectivity index (χ2v) is 3.96. The first kappa shape index (κ1) is 14.6. The van der Waals surface area contributed by atoms with Gasteiger partial charge in [0.2, 0.25) is 0 Å². The molecule has 76 valence electrons. The van der Waals surface area contributed by atoms with Crippen molar-refractivity contribution in [2.24, 2.45) is 4.99 Å². The molecule has 0 unspecified atom stereocenters. The Morgan fingerprint density at radius 1 is 1.40 bits per heavy atom. The van der Waals surface area contributed by atoms with Crippen LogP contribution >= 0.6 is 11.8 Å². The van der Waals surface area contributed by atoms with Crippen molar-refractivity contribution in [2.75, 3.05) is 7.05 Å². The Morgan fingerprint density at radius 2 is 2.00 bits per heavy atom. The van der Waals surface area contributed by atoms with E-state index in [1.807, 2.05) is 17.9 Å². The van der Waals surface area contributed by atoms with Crippen molar-refractivity contribution in [1.29, 1.82) is 0 Å². The number of rotatable bonds is 4. The second kappa shape index (κ2) is 7.87. The van der Waals surface area contributed by atoms with E-state index in [1.165, 1.54) is 12.6 Å². The molecule has 0 bridgehead atoms. The van der Waals surface area contributed by atoms with Gasteiger partial charge < -0.3 is 10.1 Å². The molecule has 15 heavy (non-hydrogen) atoms. The smallest absolute Gasteiger partial charge is 0.0266 e. The average molecular weight is 214 g/mol. The molecule has 1 aromatic rings. The van der Waals surface area contributed by atoms with Crippen LogP contribution in [0.3, 0.4) is 0 Å². The van der Waals surface area contributed by atoms with Crippen molar-refractivity contribution >= 4 is 36.5 Å². The monoisotopic (exact) mass is 214 g/mol. The molecular weight excluding hydrogens is 201 g/mol. The first-order chi connectivity index (χ1) is 6.72. The molecule has 0 aliphatic rings. The van der Waals surface area contributed by atoms with Gasteiger partial charge in [0.05, 0.1) is 0 Å². The molecule has 0 aliphatic carbocycles. The zero-order chi connectivity index (χ0) is 10.4. The SMILES string of the molecule is CN=C([O-])C[CH]Sc1ccc(C)cc1.[Li]. The van der Waals surface area contributed by atoms with Crippen LogP contribution in [0.5, 0.6) is 0 Å². The molecule has 0 heterocycles. The van der Waals surface area contributed by atoms with Gasteiger partial charge in [0.25, 0.3) is 0 Å². The summed E-state index contributed by atoms with van der Waals surface area (Å²) in [6, 6.07) is 8.21. The molecule has 0 saturated heterocycles. The fourth-order valence-electron chi connectivity index (χ4n) is 0.917. The van der Waals surface area contributed by atoms with Crippen LogP contribution in [0.2, 0.25) is 0 Å². The van der Waals surface area contributed by atoms with Gasteiger partial charge >= 0.3 is 0 Å². The first-order valence-corrected chi connectivity index (χ1v) is 5.28. The molecule has 2 radical (unpaired) electrons. The third-order valence-corrected chi connectivity index (χ3v) is 2.63. The number of hydrogen-bond acceptors (Lipinski definition) is 3. The second-order valence-electron chi connectivity index (χ2n) is 2.92. The number of benzene rings is 1. The third kappa shape index (κ3) is 5.94. The molecule has 0 fully saturated rings. The van der Waals surface area contributed by atoms with Gasteiger partial charge in [0.1, 0.15) is 0 Å². The summed E-state index contributed by atoms with van der Waals surface area (Å²) in [7, 11) is 1.52. The fraction of sp³-hybridized carbons (Fsp3) is 0.273. The van der Waals surface area contributed by atoms with Crippen LogP contribution in [0.15, 0.2) is 34.2 Å². The van der Waals surface area contributed by atoms with E-state index in [9.17, 15) is 5.11 Å². The predicted octanol–water partition coefficient (Wildman–Crippen LogP) is 1.65. The first-order valence-electron chi connectivity index (χ1n) is 4.40.